The molecule has 0 amide bonds. The molecule has 4 nitrogen and oxygen atoms in total. The fourth-order valence-electron chi connectivity index (χ4n) is 3.13. The molecule has 0 spiro atoms. The second-order valence-corrected chi connectivity index (χ2v) is 6.58. The largest absolute Gasteiger partial charge is 0.449 e. The molecule has 1 fully saturated rings. The van der Waals surface area contributed by atoms with Crippen molar-refractivity contribution in [2.24, 2.45) is 0 Å². The number of benzene rings is 1. The van der Waals surface area contributed by atoms with E-state index in [-0.39, 0.29) is 0 Å². The summed E-state index contributed by atoms with van der Waals surface area (Å²) in [6.07, 6.45) is 4.62. The van der Waals surface area contributed by atoms with E-state index < -0.39 is 0 Å². The summed E-state index contributed by atoms with van der Waals surface area (Å²) in [5.41, 5.74) is 2.27. The molecule has 1 aliphatic rings. The minimum absolute atomic E-state index is 0.754. The first-order chi connectivity index (χ1) is 10.8. The molecule has 1 aromatic carbocycles. The smallest absolute Gasteiger partial charge is 0.169 e. The Kier molecular flexibility index (Phi) is 3.76. The summed E-state index contributed by atoms with van der Waals surface area (Å²) >= 11 is 3.35. The quantitative estimate of drug-likeness (QED) is 0.701. The van der Waals surface area contributed by atoms with Crippen LogP contribution in [-0.4, -0.2) is 34.3 Å². The molecule has 0 unspecified atom stereocenters. The van der Waals surface area contributed by atoms with Crippen LogP contribution in [0.1, 0.15) is 12.8 Å². The molecule has 5 heteroatoms. The lowest BCUT2D eigenvalue weighted by Gasteiger charge is -2.14. The molecular weight excluding hydrogens is 342 g/mol. The predicted molar refractivity (Wildman–Crippen MR) is 90.8 cm³/mol. The molecule has 2 aromatic heterocycles. The van der Waals surface area contributed by atoms with Gasteiger partial charge in [-0.2, -0.15) is 5.10 Å². The van der Waals surface area contributed by atoms with Gasteiger partial charge in [-0.05, 0) is 72.2 Å². The Morgan fingerprint density at radius 2 is 1.95 bits per heavy atom. The van der Waals surface area contributed by atoms with Crippen molar-refractivity contribution in [3.05, 3.63) is 41.2 Å². The van der Waals surface area contributed by atoms with Gasteiger partial charge in [0.05, 0.1) is 18.3 Å². The van der Waals surface area contributed by atoms with Crippen LogP contribution in [0.4, 0.5) is 0 Å². The van der Waals surface area contributed by atoms with Crippen molar-refractivity contribution in [3.8, 4) is 11.3 Å². The van der Waals surface area contributed by atoms with Gasteiger partial charge in [-0.1, -0.05) is 0 Å². The standard InChI is InChI=1S/C17H18BrN3O/c18-17-6-5-16(22-17)13-3-4-15-14(11-13)12-19-21(15)10-9-20-7-1-2-8-20/h3-6,11-12H,1-2,7-10H2. The van der Waals surface area contributed by atoms with E-state index >= 15 is 0 Å². The molecular formula is C17H18BrN3O. The van der Waals surface area contributed by atoms with Crippen LogP contribution >= 0.6 is 15.9 Å². The number of nitrogens with zero attached hydrogens (tertiary/aromatic N) is 3. The lowest BCUT2D eigenvalue weighted by atomic mass is 10.1. The molecule has 1 saturated heterocycles. The Bertz CT molecular complexity index is 786. The zero-order chi connectivity index (χ0) is 14.9. The van der Waals surface area contributed by atoms with Crippen LogP contribution in [0.25, 0.3) is 22.2 Å². The third-order valence-electron chi connectivity index (χ3n) is 4.33. The summed E-state index contributed by atoms with van der Waals surface area (Å²) < 4.78 is 8.48. The summed E-state index contributed by atoms with van der Waals surface area (Å²) in [5, 5.41) is 5.71. The van der Waals surface area contributed by atoms with E-state index in [1.54, 1.807) is 0 Å². The molecule has 0 aliphatic carbocycles. The summed E-state index contributed by atoms with van der Waals surface area (Å²) in [6.45, 7) is 4.51. The number of likely N-dealkylation sites (tertiary alicyclic amines) is 1. The maximum atomic E-state index is 5.62. The monoisotopic (exact) mass is 359 g/mol. The van der Waals surface area contributed by atoms with Crippen LogP contribution < -0.4 is 0 Å². The van der Waals surface area contributed by atoms with Crippen molar-refractivity contribution in [2.45, 2.75) is 19.4 Å². The zero-order valence-corrected chi connectivity index (χ0v) is 13.9. The highest BCUT2D eigenvalue weighted by Crippen LogP contribution is 2.28. The van der Waals surface area contributed by atoms with Gasteiger partial charge in [-0.25, -0.2) is 0 Å². The highest BCUT2D eigenvalue weighted by Gasteiger charge is 2.12. The molecule has 0 saturated carbocycles. The second-order valence-electron chi connectivity index (χ2n) is 5.79. The first-order valence-electron chi connectivity index (χ1n) is 7.73. The van der Waals surface area contributed by atoms with E-state index in [4.69, 9.17) is 4.42 Å². The van der Waals surface area contributed by atoms with Crippen LogP contribution in [0.5, 0.6) is 0 Å². The van der Waals surface area contributed by atoms with Crippen molar-refractivity contribution in [1.82, 2.24) is 14.7 Å². The third-order valence-corrected chi connectivity index (χ3v) is 4.75. The van der Waals surface area contributed by atoms with E-state index in [2.05, 4.69) is 48.8 Å². The summed E-state index contributed by atoms with van der Waals surface area (Å²) in [7, 11) is 0. The molecule has 0 bridgehead atoms. The lowest BCUT2D eigenvalue weighted by Crippen LogP contribution is -2.24. The first kappa shape index (κ1) is 14.0. The third kappa shape index (κ3) is 2.71. The predicted octanol–water partition coefficient (Wildman–Crippen LogP) is 4.15. The summed E-state index contributed by atoms with van der Waals surface area (Å²) in [4.78, 5) is 2.52. The van der Waals surface area contributed by atoms with Gasteiger partial charge in [0.1, 0.15) is 5.76 Å². The van der Waals surface area contributed by atoms with E-state index in [0.717, 1.165) is 34.5 Å². The molecule has 114 valence electrons. The SMILES string of the molecule is Brc1ccc(-c2ccc3c(cnn3CCN3CCCC3)c2)o1. The van der Waals surface area contributed by atoms with Crippen LogP contribution in [0.15, 0.2) is 45.6 Å². The average molecular weight is 360 g/mol. The Hall–Kier alpha value is -1.59. The van der Waals surface area contributed by atoms with Gasteiger partial charge in [0, 0.05) is 17.5 Å². The van der Waals surface area contributed by atoms with Gasteiger partial charge < -0.3 is 9.32 Å². The highest BCUT2D eigenvalue weighted by atomic mass is 79.9. The number of halogens is 1. The second kappa shape index (κ2) is 5.89. The summed E-state index contributed by atoms with van der Waals surface area (Å²) in [5.74, 6) is 0.874. The van der Waals surface area contributed by atoms with Gasteiger partial charge in [-0.3, -0.25) is 4.68 Å². The Labute approximate surface area is 137 Å². The van der Waals surface area contributed by atoms with Crippen LogP contribution in [0.3, 0.4) is 0 Å². The molecule has 4 rings (SSSR count). The molecule has 0 N–H and O–H groups in total. The Balaban J connectivity index is 1.57. The number of fused-ring (bicyclic) bond motifs is 1. The van der Waals surface area contributed by atoms with Gasteiger partial charge in [0.2, 0.25) is 0 Å². The van der Waals surface area contributed by atoms with Gasteiger partial charge in [0.25, 0.3) is 0 Å². The number of hydrogen-bond donors (Lipinski definition) is 0. The van der Waals surface area contributed by atoms with Crippen molar-refractivity contribution < 1.29 is 4.42 Å². The maximum absolute atomic E-state index is 5.62. The van der Waals surface area contributed by atoms with Crippen LogP contribution in [-0.2, 0) is 6.54 Å². The fraction of sp³-hybridized carbons (Fsp3) is 0.353. The van der Waals surface area contributed by atoms with E-state index in [1.807, 2.05) is 18.3 Å². The van der Waals surface area contributed by atoms with E-state index in [9.17, 15) is 0 Å². The Morgan fingerprint density at radius 3 is 2.73 bits per heavy atom. The molecule has 1 aliphatic heterocycles. The molecule has 22 heavy (non-hydrogen) atoms. The van der Waals surface area contributed by atoms with Gasteiger partial charge in [0.15, 0.2) is 4.67 Å². The van der Waals surface area contributed by atoms with Crippen molar-refractivity contribution >= 4 is 26.8 Å². The minimum Gasteiger partial charge on any atom is -0.449 e. The van der Waals surface area contributed by atoms with Crippen molar-refractivity contribution in [2.75, 3.05) is 19.6 Å². The van der Waals surface area contributed by atoms with E-state index in [0.29, 0.717) is 0 Å². The van der Waals surface area contributed by atoms with E-state index in [1.165, 1.54) is 31.4 Å². The minimum atomic E-state index is 0.754. The summed E-state index contributed by atoms with van der Waals surface area (Å²) in [6, 6.07) is 10.3. The topological polar surface area (TPSA) is 34.2 Å². The highest BCUT2D eigenvalue weighted by molar-refractivity contribution is 9.10. The number of aromatic nitrogens is 2. The first-order valence-corrected chi connectivity index (χ1v) is 8.52. The van der Waals surface area contributed by atoms with Crippen molar-refractivity contribution in [1.29, 1.82) is 0 Å². The molecule has 0 radical (unpaired) electrons. The zero-order valence-electron chi connectivity index (χ0n) is 12.3. The average Bonchev–Trinajstić information content (AvgIpc) is 3.25. The maximum Gasteiger partial charge on any atom is 0.169 e. The number of furan rings is 1. The fourth-order valence-corrected chi connectivity index (χ4v) is 3.44. The van der Waals surface area contributed by atoms with Crippen LogP contribution in [0.2, 0.25) is 0 Å². The van der Waals surface area contributed by atoms with Gasteiger partial charge >= 0.3 is 0 Å². The number of hydrogen-bond acceptors (Lipinski definition) is 3. The number of rotatable bonds is 4. The lowest BCUT2D eigenvalue weighted by molar-refractivity contribution is 0.318. The molecule has 3 aromatic rings. The van der Waals surface area contributed by atoms with Crippen molar-refractivity contribution in [3.63, 3.8) is 0 Å². The Morgan fingerprint density at radius 1 is 1.09 bits per heavy atom. The van der Waals surface area contributed by atoms with Gasteiger partial charge in [-0.15, -0.1) is 0 Å². The van der Waals surface area contributed by atoms with Crippen LogP contribution in [0, 0.1) is 0 Å². The molecule has 0 atom stereocenters. The normalized spacial score (nSPS) is 15.9. The molecule has 3 heterocycles.